The van der Waals surface area contributed by atoms with Gasteiger partial charge in [0.05, 0.1) is 12.1 Å². The summed E-state index contributed by atoms with van der Waals surface area (Å²) in [5.41, 5.74) is 7.83. The summed E-state index contributed by atoms with van der Waals surface area (Å²) < 4.78 is 1.11. The number of piperazine rings is 1. The lowest BCUT2D eigenvalue weighted by molar-refractivity contribution is -0.119. The average molecular weight is 511 g/mol. The molecule has 33 heavy (non-hydrogen) atoms. The maximum Gasteiger partial charge on any atom is 0.240 e. The van der Waals surface area contributed by atoms with Crippen molar-refractivity contribution in [2.75, 3.05) is 31.5 Å². The number of nitrogens with one attached hydrogen (secondary N) is 1. The smallest absolute Gasteiger partial charge is 0.240 e. The predicted molar refractivity (Wildman–Crippen MR) is 136 cm³/mol. The minimum Gasteiger partial charge on any atom is -0.368 e. The summed E-state index contributed by atoms with van der Waals surface area (Å²) in [6, 6.07) is 15.9. The fourth-order valence-corrected chi connectivity index (χ4v) is 4.44. The normalized spacial score (nSPS) is 16.2. The first kappa shape index (κ1) is 23.6. The van der Waals surface area contributed by atoms with Crippen molar-refractivity contribution in [1.82, 2.24) is 19.8 Å². The van der Waals surface area contributed by atoms with Crippen LogP contribution in [0.4, 0.5) is 5.82 Å². The van der Waals surface area contributed by atoms with Crippen molar-refractivity contribution in [2.24, 2.45) is 11.7 Å². The van der Waals surface area contributed by atoms with E-state index in [1.54, 1.807) is 0 Å². The SMILES string of the molecule is CC(C)[C@H](Nc1nc(CN2CCN(Cc3ccc(Br)cc3)CC2)nc2ccccc12)C(N)=O. The second-order valence-electron chi connectivity index (χ2n) is 8.95. The minimum atomic E-state index is -0.488. The van der Waals surface area contributed by atoms with Crippen LogP contribution in [0.3, 0.4) is 0 Å². The summed E-state index contributed by atoms with van der Waals surface area (Å²) in [6.45, 7) is 9.52. The van der Waals surface area contributed by atoms with Gasteiger partial charge in [-0.15, -0.1) is 0 Å². The monoisotopic (exact) mass is 510 g/mol. The number of halogens is 1. The van der Waals surface area contributed by atoms with E-state index in [-0.39, 0.29) is 11.8 Å². The molecule has 0 saturated carbocycles. The number of rotatable bonds is 8. The van der Waals surface area contributed by atoms with Crippen LogP contribution in [0.25, 0.3) is 10.9 Å². The number of para-hydroxylation sites is 1. The number of benzene rings is 2. The number of carbonyl (C=O) groups excluding carboxylic acids is 1. The van der Waals surface area contributed by atoms with Gasteiger partial charge in [0.1, 0.15) is 17.7 Å². The van der Waals surface area contributed by atoms with Crippen LogP contribution in [0.5, 0.6) is 0 Å². The van der Waals surface area contributed by atoms with Gasteiger partial charge < -0.3 is 11.1 Å². The summed E-state index contributed by atoms with van der Waals surface area (Å²) in [5, 5.41) is 4.18. The van der Waals surface area contributed by atoms with E-state index in [2.05, 4.69) is 55.3 Å². The molecule has 0 bridgehead atoms. The first-order valence-electron chi connectivity index (χ1n) is 11.4. The van der Waals surface area contributed by atoms with Crippen LogP contribution in [0.1, 0.15) is 25.2 Å². The van der Waals surface area contributed by atoms with Crippen LogP contribution in [-0.4, -0.2) is 57.9 Å². The molecule has 2 aromatic carbocycles. The molecule has 1 aromatic heterocycles. The van der Waals surface area contributed by atoms with Gasteiger partial charge in [-0.2, -0.15) is 0 Å². The Kier molecular flexibility index (Phi) is 7.57. The van der Waals surface area contributed by atoms with Crippen LogP contribution in [0.15, 0.2) is 53.0 Å². The van der Waals surface area contributed by atoms with Crippen molar-refractivity contribution in [3.05, 3.63) is 64.4 Å². The van der Waals surface area contributed by atoms with E-state index in [0.717, 1.165) is 53.9 Å². The van der Waals surface area contributed by atoms with Crippen LogP contribution < -0.4 is 11.1 Å². The lowest BCUT2D eigenvalue weighted by Crippen LogP contribution is -2.45. The van der Waals surface area contributed by atoms with Gasteiger partial charge in [0.15, 0.2) is 0 Å². The zero-order chi connectivity index (χ0) is 23.4. The summed E-state index contributed by atoms with van der Waals surface area (Å²) >= 11 is 3.50. The van der Waals surface area contributed by atoms with Gasteiger partial charge in [0.25, 0.3) is 0 Å². The molecular weight excluding hydrogens is 480 g/mol. The van der Waals surface area contributed by atoms with E-state index in [4.69, 9.17) is 15.7 Å². The zero-order valence-corrected chi connectivity index (χ0v) is 20.8. The fraction of sp³-hybridized carbons (Fsp3) is 0.400. The third kappa shape index (κ3) is 6.07. The van der Waals surface area contributed by atoms with Crippen molar-refractivity contribution in [3.63, 3.8) is 0 Å². The van der Waals surface area contributed by atoms with Gasteiger partial charge in [0.2, 0.25) is 5.91 Å². The Labute approximate surface area is 203 Å². The van der Waals surface area contributed by atoms with E-state index < -0.39 is 6.04 Å². The third-order valence-corrected chi connectivity index (χ3v) is 6.59. The van der Waals surface area contributed by atoms with E-state index in [1.807, 2.05) is 38.1 Å². The molecule has 1 atom stereocenters. The second-order valence-corrected chi connectivity index (χ2v) is 9.87. The molecule has 0 radical (unpaired) electrons. The van der Waals surface area contributed by atoms with Crippen LogP contribution in [0.2, 0.25) is 0 Å². The molecule has 174 valence electrons. The molecule has 3 aromatic rings. The number of hydrogen-bond donors (Lipinski definition) is 2. The number of nitrogens with zero attached hydrogens (tertiary/aromatic N) is 4. The predicted octanol–water partition coefficient (Wildman–Crippen LogP) is 3.63. The molecule has 3 N–H and O–H groups in total. The number of amides is 1. The van der Waals surface area contributed by atoms with Crippen LogP contribution in [-0.2, 0) is 17.9 Å². The zero-order valence-electron chi connectivity index (χ0n) is 19.2. The Balaban J connectivity index is 1.44. The highest BCUT2D eigenvalue weighted by Gasteiger charge is 2.22. The first-order chi connectivity index (χ1) is 15.9. The van der Waals surface area contributed by atoms with Gasteiger partial charge in [-0.05, 0) is 35.7 Å². The van der Waals surface area contributed by atoms with Crippen LogP contribution >= 0.6 is 15.9 Å². The Morgan fingerprint density at radius 2 is 1.64 bits per heavy atom. The lowest BCUT2D eigenvalue weighted by Gasteiger charge is -2.34. The van der Waals surface area contributed by atoms with Gasteiger partial charge in [-0.25, -0.2) is 9.97 Å². The second kappa shape index (κ2) is 10.6. The highest BCUT2D eigenvalue weighted by molar-refractivity contribution is 9.10. The molecule has 0 aliphatic carbocycles. The highest BCUT2D eigenvalue weighted by Crippen LogP contribution is 2.23. The Bertz CT molecular complexity index is 1100. The molecule has 7 nitrogen and oxygen atoms in total. The standard InChI is InChI=1S/C25H31BrN6O/c1-17(2)23(24(27)33)30-25-20-5-3-4-6-21(20)28-22(29-25)16-32-13-11-31(12-14-32)15-18-7-9-19(26)10-8-18/h3-10,17,23H,11-16H2,1-2H3,(H2,27,33)(H,28,29,30)/t23-/m0/s1. The summed E-state index contributed by atoms with van der Waals surface area (Å²) in [4.78, 5) is 26.4. The summed E-state index contributed by atoms with van der Waals surface area (Å²) in [7, 11) is 0. The Morgan fingerprint density at radius 1 is 1.00 bits per heavy atom. The molecule has 1 fully saturated rings. The van der Waals surface area contributed by atoms with Crippen molar-refractivity contribution >= 4 is 38.6 Å². The number of fused-ring (bicyclic) bond motifs is 1. The molecule has 1 saturated heterocycles. The molecule has 1 aliphatic rings. The number of primary amides is 1. The lowest BCUT2D eigenvalue weighted by atomic mass is 10.0. The van der Waals surface area contributed by atoms with Crippen molar-refractivity contribution in [1.29, 1.82) is 0 Å². The van der Waals surface area contributed by atoms with Gasteiger partial charge in [-0.1, -0.05) is 54.0 Å². The average Bonchev–Trinajstić information content (AvgIpc) is 2.79. The number of carbonyl (C=O) groups is 1. The molecular formula is C25H31BrN6O. The van der Waals surface area contributed by atoms with E-state index in [9.17, 15) is 4.79 Å². The first-order valence-corrected chi connectivity index (χ1v) is 12.2. The number of anilines is 1. The summed E-state index contributed by atoms with van der Waals surface area (Å²) in [5.74, 6) is 1.10. The highest BCUT2D eigenvalue weighted by atomic mass is 79.9. The quantitative estimate of drug-likeness (QED) is 0.481. The molecule has 2 heterocycles. The maximum atomic E-state index is 12.0. The van der Waals surface area contributed by atoms with E-state index in [0.29, 0.717) is 12.4 Å². The topological polar surface area (TPSA) is 87.4 Å². The van der Waals surface area contributed by atoms with Crippen molar-refractivity contribution < 1.29 is 4.79 Å². The van der Waals surface area contributed by atoms with Gasteiger partial charge in [-0.3, -0.25) is 14.6 Å². The van der Waals surface area contributed by atoms with Crippen LogP contribution in [0, 0.1) is 5.92 Å². The Hall–Kier alpha value is -2.55. The minimum absolute atomic E-state index is 0.0541. The molecule has 1 amide bonds. The van der Waals surface area contributed by atoms with E-state index >= 15 is 0 Å². The fourth-order valence-electron chi connectivity index (χ4n) is 4.17. The third-order valence-electron chi connectivity index (χ3n) is 6.06. The number of nitrogens with two attached hydrogens (primary N) is 1. The molecule has 0 unspecified atom stereocenters. The largest absolute Gasteiger partial charge is 0.368 e. The van der Waals surface area contributed by atoms with Crippen molar-refractivity contribution in [3.8, 4) is 0 Å². The maximum absolute atomic E-state index is 12.0. The summed E-state index contributed by atoms with van der Waals surface area (Å²) in [6.07, 6.45) is 0. The molecule has 1 aliphatic heterocycles. The van der Waals surface area contributed by atoms with Crippen molar-refractivity contribution in [2.45, 2.75) is 33.0 Å². The van der Waals surface area contributed by atoms with Gasteiger partial charge >= 0.3 is 0 Å². The molecule has 0 spiro atoms. The molecule has 8 heteroatoms. The van der Waals surface area contributed by atoms with E-state index in [1.165, 1.54) is 5.56 Å². The Morgan fingerprint density at radius 3 is 2.27 bits per heavy atom. The number of aromatic nitrogens is 2. The van der Waals surface area contributed by atoms with Gasteiger partial charge in [0, 0.05) is 42.6 Å². The molecule has 4 rings (SSSR count). The number of hydrogen-bond acceptors (Lipinski definition) is 6.